The lowest BCUT2D eigenvalue weighted by atomic mass is 10.1. The third-order valence-electron chi connectivity index (χ3n) is 5.36. The van der Waals surface area contributed by atoms with E-state index in [4.69, 9.17) is 16.7 Å². The Morgan fingerprint density at radius 2 is 1.06 bits per heavy atom. The first-order valence-electron chi connectivity index (χ1n) is 9.66. The minimum atomic E-state index is -1.27. The number of carboxylic acids is 1. The second-order valence-corrected chi connectivity index (χ2v) is 8.01. The number of anilines is 2. The number of carbonyl (C=O) groups is 4. The van der Waals surface area contributed by atoms with E-state index in [1.54, 1.807) is 0 Å². The average molecular weight is 465 g/mol. The van der Waals surface area contributed by atoms with Crippen molar-refractivity contribution in [3.63, 3.8) is 0 Å². The summed E-state index contributed by atoms with van der Waals surface area (Å²) in [5.41, 5.74) is -1.47. The van der Waals surface area contributed by atoms with E-state index in [0.29, 0.717) is 37.1 Å². The van der Waals surface area contributed by atoms with Crippen LogP contribution in [0.4, 0.5) is 20.2 Å². The molecule has 0 atom stereocenters. The molecule has 0 aromatic heterocycles. The minimum Gasteiger partial charge on any atom is -0.480 e. The molecule has 0 unspecified atom stereocenters. The molecule has 0 spiro atoms. The summed E-state index contributed by atoms with van der Waals surface area (Å²) in [4.78, 5) is 45.3. The highest BCUT2D eigenvalue weighted by Gasteiger charge is 2.57. The van der Waals surface area contributed by atoms with Crippen molar-refractivity contribution in [2.45, 2.75) is 25.7 Å². The zero-order valence-corrected chi connectivity index (χ0v) is 17.4. The fraction of sp³-hybridized carbons (Fsp3) is 0.273. The molecule has 0 saturated heterocycles. The van der Waals surface area contributed by atoms with Crippen molar-refractivity contribution in [2.24, 2.45) is 10.8 Å². The Balaban J connectivity index is 0.000000181. The Bertz CT molecular complexity index is 963. The number of carboxylic acid groups (broad SMARTS) is 1. The van der Waals surface area contributed by atoms with Crippen molar-refractivity contribution in [1.29, 1.82) is 0 Å². The Hall–Kier alpha value is -3.33. The van der Waals surface area contributed by atoms with Gasteiger partial charge >= 0.3 is 5.97 Å². The van der Waals surface area contributed by atoms with Gasteiger partial charge in [0.25, 0.3) is 0 Å². The van der Waals surface area contributed by atoms with Crippen LogP contribution in [0.15, 0.2) is 48.5 Å². The Labute approximate surface area is 186 Å². The molecule has 10 heteroatoms. The van der Waals surface area contributed by atoms with Gasteiger partial charge in [-0.15, -0.1) is 0 Å². The summed E-state index contributed by atoms with van der Waals surface area (Å²) in [6.45, 7) is 0. The molecule has 0 aliphatic heterocycles. The SMILES string of the molecule is O=C(Cl)C1(C(=O)Nc2ccc(F)cc2)CC1.O=C(O)C1(C(=O)Nc2ccc(F)cc2)CC1. The fourth-order valence-corrected chi connectivity index (χ4v) is 3.14. The number of amides is 2. The molecular weight excluding hydrogens is 446 g/mol. The molecule has 0 bridgehead atoms. The van der Waals surface area contributed by atoms with E-state index in [1.165, 1.54) is 48.5 Å². The lowest BCUT2D eigenvalue weighted by Gasteiger charge is -2.10. The van der Waals surface area contributed by atoms with Crippen LogP contribution in [0.2, 0.25) is 0 Å². The van der Waals surface area contributed by atoms with Gasteiger partial charge in [-0.25, -0.2) is 8.78 Å². The monoisotopic (exact) mass is 464 g/mol. The summed E-state index contributed by atoms with van der Waals surface area (Å²) in [7, 11) is 0. The number of aliphatic carboxylic acids is 1. The Morgan fingerprint density at radius 1 is 0.719 bits per heavy atom. The normalized spacial score (nSPS) is 16.6. The highest BCUT2D eigenvalue weighted by molar-refractivity contribution is 6.67. The molecular formula is C22H19ClF2N2O5. The largest absolute Gasteiger partial charge is 0.480 e. The third-order valence-corrected chi connectivity index (χ3v) is 5.72. The molecule has 2 fully saturated rings. The lowest BCUT2D eigenvalue weighted by Crippen LogP contribution is -2.31. The number of halogens is 3. The number of hydrogen-bond acceptors (Lipinski definition) is 4. The van der Waals surface area contributed by atoms with E-state index in [-0.39, 0.29) is 5.82 Å². The van der Waals surface area contributed by atoms with Crippen LogP contribution in [0.5, 0.6) is 0 Å². The number of nitrogens with one attached hydrogen (secondary N) is 2. The summed E-state index contributed by atoms with van der Waals surface area (Å²) in [5, 5.41) is 13.3. The fourth-order valence-electron chi connectivity index (χ4n) is 2.87. The van der Waals surface area contributed by atoms with Crippen molar-refractivity contribution in [1.82, 2.24) is 0 Å². The average Bonchev–Trinajstić information content (AvgIpc) is 3.64. The molecule has 2 aromatic rings. The highest BCUT2D eigenvalue weighted by atomic mass is 35.5. The van der Waals surface area contributed by atoms with Gasteiger partial charge in [0, 0.05) is 11.4 Å². The number of benzene rings is 2. The summed E-state index contributed by atoms with van der Waals surface area (Å²) < 4.78 is 25.2. The molecule has 2 saturated carbocycles. The molecule has 32 heavy (non-hydrogen) atoms. The number of hydrogen-bond donors (Lipinski definition) is 3. The molecule has 3 N–H and O–H groups in total. The second-order valence-electron chi connectivity index (χ2n) is 7.67. The molecule has 7 nitrogen and oxygen atoms in total. The van der Waals surface area contributed by atoms with Crippen LogP contribution in [0, 0.1) is 22.5 Å². The van der Waals surface area contributed by atoms with Gasteiger partial charge in [0.05, 0.1) is 0 Å². The molecule has 2 aromatic carbocycles. The predicted octanol–water partition coefficient (Wildman–Crippen LogP) is 3.94. The standard InChI is InChI=1S/C11H9ClFNO2.C11H10FNO3/c12-9(15)11(5-6-11)10(16)14-8-3-1-7(13)2-4-8;12-7-1-3-8(4-2-7)13-9(14)11(5-6-11)10(15)16/h1-4H,5-6H2,(H,14,16);1-4H,5-6H2,(H,13,14)(H,15,16). The van der Waals surface area contributed by atoms with Gasteiger partial charge in [-0.1, -0.05) is 0 Å². The van der Waals surface area contributed by atoms with Crippen molar-refractivity contribution in [3.8, 4) is 0 Å². The Kier molecular flexibility index (Phi) is 6.59. The van der Waals surface area contributed by atoms with E-state index in [1.807, 2.05) is 0 Å². The third kappa shape index (κ3) is 5.11. The van der Waals surface area contributed by atoms with Crippen LogP contribution >= 0.6 is 11.6 Å². The molecule has 2 amide bonds. The zero-order valence-electron chi connectivity index (χ0n) is 16.7. The van der Waals surface area contributed by atoms with E-state index < -0.39 is 39.7 Å². The van der Waals surface area contributed by atoms with Crippen LogP contribution in [0.25, 0.3) is 0 Å². The van der Waals surface area contributed by atoms with Gasteiger partial charge in [-0.2, -0.15) is 0 Å². The van der Waals surface area contributed by atoms with Gasteiger partial charge in [0.15, 0.2) is 0 Å². The molecule has 2 aliphatic rings. The zero-order chi connectivity index (χ0) is 23.5. The van der Waals surface area contributed by atoms with Crippen LogP contribution in [0.1, 0.15) is 25.7 Å². The van der Waals surface area contributed by atoms with Crippen molar-refractivity contribution < 1.29 is 33.1 Å². The first kappa shape index (κ1) is 23.3. The topological polar surface area (TPSA) is 113 Å². The van der Waals surface area contributed by atoms with Crippen molar-refractivity contribution in [3.05, 3.63) is 60.2 Å². The first-order chi connectivity index (χ1) is 15.1. The van der Waals surface area contributed by atoms with Crippen molar-refractivity contribution in [2.75, 3.05) is 10.6 Å². The molecule has 2 aliphatic carbocycles. The Morgan fingerprint density at radius 3 is 1.34 bits per heavy atom. The number of rotatable bonds is 6. The highest BCUT2D eigenvalue weighted by Crippen LogP contribution is 2.48. The minimum absolute atomic E-state index is 0.357. The van der Waals surface area contributed by atoms with E-state index in [9.17, 15) is 28.0 Å². The predicted molar refractivity (Wildman–Crippen MR) is 112 cm³/mol. The lowest BCUT2D eigenvalue weighted by molar-refractivity contribution is -0.147. The second kappa shape index (κ2) is 9.04. The van der Waals surface area contributed by atoms with Gasteiger partial charge in [0.2, 0.25) is 17.1 Å². The van der Waals surface area contributed by atoms with Crippen LogP contribution in [0.3, 0.4) is 0 Å². The molecule has 0 heterocycles. The summed E-state index contributed by atoms with van der Waals surface area (Å²) in [6, 6.07) is 10.5. The maximum absolute atomic E-state index is 12.6. The summed E-state index contributed by atoms with van der Waals surface area (Å²) >= 11 is 5.36. The van der Waals surface area contributed by atoms with Gasteiger partial charge in [-0.05, 0) is 85.8 Å². The van der Waals surface area contributed by atoms with E-state index in [0.717, 1.165) is 0 Å². The smallest absolute Gasteiger partial charge is 0.319 e. The quantitative estimate of drug-likeness (QED) is 0.443. The van der Waals surface area contributed by atoms with E-state index in [2.05, 4.69) is 10.6 Å². The summed E-state index contributed by atoms with van der Waals surface area (Å²) in [5.74, 6) is -2.84. The summed E-state index contributed by atoms with van der Waals surface area (Å²) in [6.07, 6.45) is 1.66. The van der Waals surface area contributed by atoms with Gasteiger partial charge in [-0.3, -0.25) is 19.2 Å². The number of carbonyl (C=O) groups excluding carboxylic acids is 3. The van der Waals surface area contributed by atoms with Gasteiger partial charge in [0.1, 0.15) is 22.5 Å². The first-order valence-corrected chi connectivity index (χ1v) is 10.0. The molecule has 0 radical (unpaired) electrons. The van der Waals surface area contributed by atoms with Crippen LogP contribution < -0.4 is 10.6 Å². The van der Waals surface area contributed by atoms with Gasteiger partial charge < -0.3 is 15.7 Å². The molecule has 168 valence electrons. The van der Waals surface area contributed by atoms with Crippen LogP contribution in [-0.4, -0.2) is 28.1 Å². The van der Waals surface area contributed by atoms with Crippen molar-refractivity contribution >= 4 is 46.0 Å². The molecule has 4 rings (SSSR count). The maximum Gasteiger partial charge on any atom is 0.319 e. The van der Waals surface area contributed by atoms with E-state index >= 15 is 0 Å². The maximum atomic E-state index is 12.6. The van der Waals surface area contributed by atoms with Crippen LogP contribution in [-0.2, 0) is 19.2 Å².